The Labute approximate surface area is 136 Å². The molecule has 2 atom stereocenters. The number of halogens is 1. The summed E-state index contributed by atoms with van der Waals surface area (Å²) in [5.41, 5.74) is 2.75. The summed E-state index contributed by atoms with van der Waals surface area (Å²) in [6.45, 7) is 4.56. The van der Waals surface area contributed by atoms with Crippen molar-refractivity contribution in [2.75, 3.05) is 6.61 Å². The Kier molecular flexibility index (Phi) is 4.24. The second-order valence-corrected chi connectivity index (χ2v) is 6.74. The third-order valence-electron chi connectivity index (χ3n) is 3.56. The maximum Gasteiger partial charge on any atom is 0.125 e. The predicted octanol–water partition coefficient (Wildman–Crippen LogP) is 4.31. The molecule has 0 fully saturated rings. The van der Waals surface area contributed by atoms with E-state index in [1.165, 1.54) is 0 Å². The van der Waals surface area contributed by atoms with Gasteiger partial charge in [-0.2, -0.15) is 11.3 Å². The zero-order valence-corrected chi connectivity index (χ0v) is 14.3. The van der Waals surface area contributed by atoms with E-state index in [0.29, 0.717) is 6.61 Å². The third kappa shape index (κ3) is 2.82. The summed E-state index contributed by atoms with van der Waals surface area (Å²) in [4.78, 5) is 0. The lowest BCUT2D eigenvalue weighted by Crippen LogP contribution is -2.05. The molecular weight excluding hydrogens is 352 g/mol. The maximum atomic E-state index is 10.7. The number of hydrogen-bond donors (Lipinski definition) is 1. The minimum absolute atomic E-state index is 0.176. The molecule has 1 aliphatic heterocycles. The van der Waals surface area contributed by atoms with Crippen molar-refractivity contribution in [3.63, 3.8) is 0 Å². The zero-order chi connectivity index (χ0) is 15.0. The van der Waals surface area contributed by atoms with Gasteiger partial charge in [0.05, 0.1) is 6.61 Å². The number of aliphatic hydroxyl groups excluding tert-OH is 1. The summed E-state index contributed by atoms with van der Waals surface area (Å²) in [6, 6.07) is 3.92. The number of hydrogen-bond acceptors (Lipinski definition) is 4. The maximum absolute atomic E-state index is 10.7. The lowest BCUT2D eigenvalue weighted by Gasteiger charge is -2.17. The van der Waals surface area contributed by atoms with E-state index < -0.39 is 6.10 Å². The number of rotatable bonds is 4. The van der Waals surface area contributed by atoms with Crippen LogP contribution in [0.1, 0.15) is 36.6 Å². The predicted molar refractivity (Wildman–Crippen MR) is 87.5 cm³/mol. The molecule has 0 radical (unpaired) electrons. The summed E-state index contributed by atoms with van der Waals surface area (Å²) in [5, 5.41) is 14.6. The molecular formula is C16H17BrO3S. The lowest BCUT2D eigenvalue weighted by atomic mass is 9.99. The highest BCUT2D eigenvalue weighted by molar-refractivity contribution is 9.10. The number of benzene rings is 1. The van der Waals surface area contributed by atoms with Crippen molar-refractivity contribution in [2.24, 2.45) is 0 Å². The van der Waals surface area contributed by atoms with Gasteiger partial charge in [-0.05, 0) is 47.3 Å². The number of thiophene rings is 1. The molecule has 112 valence electrons. The van der Waals surface area contributed by atoms with E-state index in [4.69, 9.17) is 9.47 Å². The van der Waals surface area contributed by atoms with Crippen molar-refractivity contribution in [1.29, 1.82) is 0 Å². The number of aliphatic hydroxyl groups is 1. The first kappa shape index (κ1) is 14.9. The molecule has 0 saturated heterocycles. The first-order valence-corrected chi connectivity index (χ1v) is 8.69. The summed E-state index contributed by atoms with van der Waals surface area (Å²) in [6.07, 6.45) is 0.334. The topological polar surface area (TPSA) is 38.7 Å². The second-order valence-electron chi connectivity index (χ2n) is 5.14. The van der Waals surface area contributed by atoms with Crippen LogP contribution in [0.4, 0.5) is 0 Å². The SMILES string of the molecule is CCOc1cc2c(cc1C(O)c1cscc1Br)OC(C)C2. The zero-order valence-electron chi connectivity index (χ0n) is 11.9. The van der Waals surface area contributed by atoms with E-state index in [1.54, 1.807) is 11.3 Å². The van der Waals surface area contributed by atoms with Crippen molar-refractivity contribution in [1.82, 2.24) is 0 Å². The minimum atomic E-state index is -0.725. The van der Waals surface area contributed by atoms with E-state index in [2.05, 4.69) is 15.9 Å². The van der Waals surface area contributed by atoms with Gasteiger partial charge in [0.15, 0.2) is 0 Å². The average Bonchev–Trinajstić information content (AvgIpc) is 3.02. The molecule has 0 bridgehead atoms. The smallest absolute Gasteiger partial charge is 0.125 e. The molecule has 1 aliphatic rings. The van der Waals surface area contributed by atoms with Crippen LogP contribution in [-0.4, -0.2) is 17.8 Å². The van der Waals surface area contributed by atoms with Gasteiger partial charge in [0.1, 0.15) is 23.7 Å². The van der Waals surface area contributed by atoms with Crippen molar-refractivity contribution in [3.8, 4) is 11.5 Å². The highest BCUT2D eigenvalue weighted by Crippen LogP contribution is 2.41. The van der Waals surface area contributed by atoms with Gasteiger partial charge in [-0.25, -0.2) is 0 Å². The molecule has 0 spiro atoms. The Bertz CT molecular complexity index is 653. The first-order chi connectivity index (χ1) is 10.1. The molecule has 0 saturated carbocycles. The second kappa shape index (κ2) is 5.99. The monoisotopic (exact) mass is 368 g/mol. The van der Waals surface area contributed by atoms with Crippen LogP contribution in [0.2, 0.25) is 0 Å². The Morgan fingerprint density at radius 2 is 2.24 bits per heavy atom. The van der Waals surface area contributed by atoms with Crippen LogP contribution in [-0.2, 0) is 6.42 Å². The molecule has 5 heteroatoms. The first-order valence-electron chi connectivity index (χ1n) is 6.96. The molecule has 1 aromatic heterocycles. The minimum Gasteiger partial charge on any atom is -0.493 e. The van der Waals surface area contributed by atoms with Gasteiger partial charge in [0.2, 0.25) is 0 Å². The van der Waals surface area contributed by atoms with Crippen molar-refractivity contribution in [3.05, 3.63) is 44.1 Å². The van der Waals surface area contributed by atoms with E-state index in [-0.39, 0.29) is 6.10 Å². The van der Waals surface area contributed by atoms with Crippen molar-refractivity contribution < 1.29 is 14.6 Å². The third-order valence-corrected chi connectivity index (χ3v) is 5.31. The molecule has 1 aromatic carbocycles. The highest BCUT2D eigenvalue weighted by Gasteiger charge is 2.26. The lowest BCUT2D eigenvalue weighted by molar-refractivity contribution is 0.210. The van der Waals surface area contributed by atoms with E-state index in [0.717, 1.165) is 39.1 Å². The van der Waals surface area contributed by atoms with Crippen LogP contribution in [0.5, 0.6) is 11.5 Å². The van der Waals surface area contributed by atoms with E-state index in [1.807, 2.05) is 36.7 Å². The Morgan fingerprint density at radius 3 is 2.90 bits per heavy atom. The number of ether oxygens (including phenoxy) is 2. The fraction of sp³-hybridized carbons (Fsp3) is 0.375. The van der Waals surface area contributed by atoms with Crippen LogP contribution in [0.25, 0.3) is 0 Å². The average molecular weight is 369 g/mol. The molecule has 21 heavy (non-hydrogen) atoms. The van der Waals surface area contributed by atoms with Gasteiger partial charge in [0.25, 0.3) is 0 Å². The Morgan fingerprint density at radius 1 is 1.43 bits per heavy atom. The van der Waals surface area contributed by atoms with Crippen LogP contribution in [0, 0.1) is 0 Å². The molecule has 1 N–H and O–H groups in total. The van der Waals surface area contributed by atoms with Gasteiger partial charge in [-0.1, -0.05) is 0 Å². The number of fused-ring (bicyclic) bond motifs is 1. The largest absolute Gasteiger partial charge is 0.493 e. The van der Waals surface area contributed by atoms with Gasteiger partial charge in [0, 0.05) is 33.0 Å². The summed E-state index contributed by atoms with van der Waals surface area (Å²) >= 11 is 5.03. The molecule has 0 amide bonds. The molecule has 2 heterocycles. The fourth-order valence-corrected chi connectivity index (χ4v) is 4.14. The van der Waals surface area contributed by atoms with Crippen molar-refractivity contribution in [2.45, 2.75) is 32.5 Å². The fourth-order valence-electron chi connectivity index (χ4n) is 2.60. The molecule has 3 nitrogen and oxygen atoms in total. The van der Waals surface area contributed by atoms with E-state index >= 15 is 0 Å². The van der Waals surface area contributed by atoms with Crippen LogP contribution in [0.15, 0.2) is 27.4 Å². The van der Waals surface area contributed by atoms with Gasteiger partial charge in [-0.15, -0.1) is 0 Å². The van der Waals surface area contributed by atoms with E-state index in [9.17, 15) is 5.11 Å². The summed E-state index contributed by atoms with van der Waals surface area (Å²) in [5.74, 6) is 1.59. The molecule has 2 aromatic rings. The van der Waals surface area contributed by atoms with Crippen LogP contribution in [0.3, 0.4) is 0 Å². The van der Waals surface area contributed by atoms with Crippen molar-refractivity contribution >= 4 is 27.3 Å². The molecule has 3 rings (SSSR count). The van der Waals surface area contributed by atoms with Gasteiger partial charge >= 0.3 is 0 Å². The standard InChI is InChI=1S/C16H17BrO3S/c1-3-19-15-5-10-4-9(2)20-14(10)6-11(15)16(18)12-7-21-8-13(12)17/h5-9,16,18H,3-4H2,1-2H3. The van der Waals surface area contributed by atoms with Gasteiger partial charge < -0.3 is 14.6 Å². The normalized spacial score (nSPS) is 18.2. The highest BCUT2D eigenvalue weighted by atomic mass is 79.9. The van der Waals surface area contributed by atoms with Gasteiger partial charge in [-0.3, -0.25) is 0 Å². The Hall–Kier alpha value is -1.04. The van der Waals surface area contributed by atoms with Crippen LogP contribution < -0.4 is 9.47 Å². The Balaban J connectivity index is 2.04. The van der Waals surface area contributed by atoms with Crippen LogP contribution >= 0.6 is 27.3 Å². The molecule has 0 aliphatic carbocycles. The summed E-state index contributed by atoms with van der Waals surface area (Å²) in [7, 11) is 0. The molecule has 2 unspecified atom stereocenters. The summed E-state index contributed by atoms with van der Waals surface area (Å²) < 4.78 is 12.4. The quantitative estimate of drug-likeness (QED) is 0.873.